The number of methoxy groups -OCH3 is 1. The highest BCUT2D eigenvalue weighted by molar-refractivity contribution is 5.95. The number of aromatic nitrogens is 2. The van der Waals surface area contributed by atoms with Gasteiger partial charge in [0.05, 0.1) is 30.8 Å². The van der Waals surface area contributed by atoms with E-state index >= 15 is 0 Å². The first-order chi connectivity index (χ1) is 16.1. The molecule has 0 fully saturated rings. The molecule has 1 aromatic heterocycles. The van der Waals surface area contributed by atoms with Crippen molar-refractivity contribution in [2.75, 3.05) is 13.7 Å². The average molecular weight is 444 g/mol. The Kier molecular flexibility index (Phi) is 6.93. The van der Waals surface area contributed by atoms with E-state index in [9.17, 15) is 4.79 Å². The fourth-order valence-corrected chi connectivity index (χ4v) is 3.91. The Bertz CT molecular complexity index is 1230. The number of nitrogens with one attached hydrogen (secondary N) is 1. The van der Waals surface area contributed by atoms with Crippen molar-refractivity contribution in [3.05, 3.63) is 89.7 Å². The zero-order valence-electron chi connectivity index (χ0n) is 19.2. The van der Waals surface area contributed by atoms with Crippen LogP contribution < -0.4 is 14.8 Å². The van der Waals surface area contributed by atoms with Crippen molar-refractivity contribution in [3.8, 4) is 11.5 Å². The lowest BCUT2D eigenvalue weighted by molar-refractivity contribution is 0.0937. The third-order valence-corrected chi connectivity index (χ3v) is 5.66. The van der Waals surface area contributed by atoms with Gasteiger partial charge in [0.1, 0.15) is 17.3 Å². The molecule has 6 nitrogen and oxygen atoms in total. The maximum atomic E-state index is 12.9. The molecular formula is C27H29N3O3. The van der Waals surface area contributed by atoms with Crippen molar-refractivity contribution in [3.63, 3.8) is 0 Å². The summed E-state index contributed by atoms with van der Waals surface area (Å²) in [5.41, 5.74) is 3.60. The Labute approximate surface area is 194 Å². The lowest BCUT2D eigenvalue weighted by Gasteiger charge is -2.17. The standard InChI is InChI=1S/C27H29N3O3/c1-19-9-4-5-10-23(19)27(31)28-20(2)26-29-24-11-6-7-12-25(24)30(26)17-8-18-33-22-15-13-21(32-3)14-16-22/h4-7,9-16,20H,8,17-18H2,1-3H3,(H,28,31). The van der Waals surface area contributed by atoms with Crippen LogP contribution in [0.1, 0.15) is 41.1 Å². The summed E-state index contributed by atoms with van der Waals surface area (Å²) in [5.74, 6) is 2.36. The second-order valence-electron chi connectivity index (χ2n) is 8.00. The van der Waals surface area contributed by atoms with Gasteiger partial charge in [0.25, 0.3) is 5.91 Å². The van der Waals surface area contributed by atoms with Gasteiger partial charge in [-0.3, -0.25) is 4.79 Å². The van der Waals surface area contributed by atoms with E-state index in [-0.39, 0.29) is 11.9 Å². The summed E-state index contributed by atoms with van der Waals surface area (Å²) < 4.78 is 13.3. The van der Waals surface area contributed by atoms with Crippen LogP contribution in [0.4, 0.5) is 0 Å². The monoisotopic (exact) mass is 443 g/mol. The second kappa shape index (κ2) is 10.2. The number of carbonyl (C=O) groups excluding carboxylic acids is 1. The minimum Gasteiger partial charge on any atom is -0.497 e. The molecule has 1 N–H and O–H groups in total. The molecule has 0 spiro atoms. The smallest absolute Gasteiger partial charge is 0.252 e. The van der Waals surface area contributed by atoms with Crippen LogP contribution in [-0.4, -0.2) is 29.2 Å². The molecule has 6 heteroatoms. The van der Waals surface area contributed by atoms with Crippen LogP contribution in [0.5, 0.6) is 11.5 Å². The number of carbonyl (C=O) groups is 1. The first kappa shape index (κ1) is 22.4. The van der Waals surface area contributed by atoms with E-state index < -0.39 is 0 Å². The number of hydrogen-bond acceptors (Lipinski definition) is 4. The van der Waals surface area contributed by atoms with Gasteiger partial charge < -0.3 is 19.4 Å². The molecule has 0 aliphatic rings. The maximum Gasteiger partial charge on any atom is 0.252 e. The van der Waals surface area contributed by atoms with E-state index in [1.807, 2.05) is 80.6 Å². The highest BCUT2D eigenvalue weighted by Gasteiger charge is 2.19. The van der Waals surface area contributed by atoms with Gasteiger partial charge in [-0.2, -0.15) is 0 Å². The first-order valence-electron chi connectivity index (χ1n) is 11.2. The molecule has 1 atom stereocenters. The molecule has 1 unspecified atom stereocenters. The van der Waals surface area contributed by atoms with Crippen molar-refractivity contribution in [1.29, 1.82) is 0 Å². The summed E-state index contributed by atoms with van der Waals surface area (Å²) in [6.07, 6.45) is 0.803. The Morgan fingerprint density at radius 1 is 1.00 bits per heavy atom. The van der Waals surface area contributed by atoms with Gasteiger partial charge in [0.15, 0.2) is 0 Å². The van der Waals surface area contributed by atoms with E-state index in [0.29, 0.717) is 12.2 Å². The molecule has 0 saturated carbocycles. The molecule has 170 valence electrons. The Morgan fingerprint density at radius 3 is 2.45 bits per heavy atom. The summed E-state index contributed by atoms with van der Waals surface area (Å²) in [4.78, 5) is 17.7. The van der Waals surface area contributed by atoms with Crippen LogP contribution in [0.15, 0.2) is 72.8 Å². The molecule has 0 aliphatic heterocycles. The van der Waals surface area contributed by atoms with E-state index in [0.717, 1.165) is 46.9 Å². The fourth-order valence-electron chi connectivity index (χ4n) is 3.91. The minimum atomic E-state index is -0.244. The molecule has 4 rings (SSSR count). The molecule has 33 heavy (non-hydrogen) atoms. The normalized spacial score (nSPS) is 11.8. The van der Waals surface area contributed by atoms with Crippen LogP contribution in [-0.2, 0) is 6.54 Å². The van der Waals surface area contributed by atoms with Crippen molar-refractivity contribution in [1.82, 2.24) is 14.9 Å². The average Bonchev–Trinajstić information content (AvgIpc) is 3.21. The summed E-state index contributed by atoms with van der Waals surface area (Å²) in [5, 5.41) is 3.12. The van der Waals surface area contributed by atoms with E-state index in [2.05, 4.69) is 16.0 Å². The van der Waals surface area contributed by atoms with Crippen LogP contribution in [0, 0.1) is 6.92 Å². The van der Waals surface area contributed by atoms with Gasteiger partial charge in [-0.25, -0.2) is 4.98 Å². The summed E-state index contributed by atoms with van der Waals surface area (Å²) in [6, 6.07) is 23.0. The van der Waals surface area contributed by atoms with Gasteiger partial charge >= 0.3 is 0 Å². The zero-order valence-corrected chi connectivity index (χ0v) is 19.2. The SMILES string of the molecule is COc1ccc(OCCCn2c(C(C)NC(=O)c3ccccc3C)nc3ccccc32)cc1. The van der Waals surface area contributed by atoms with Gasteiger partial charge in [-0.05, 0) is 68.3 Å². The fraction of sp³-hybridized carbons (Fsp3) is 0.259. The largest absolute Gasteiger partial charge is 0.497 e. The second-order valence-corrected chi connectivity index (χ2v) is 8.00. The highest BCUT2D eigenvalue weighted by Crippen LogP contribution is 2.22. The van der Waals surface area contributed by atoms with Crippen LogP contribution in [0.2, 0.25) is 0 Å². The molecule has 3 aromatic carbocycles. The quantitative estimate of drug-likeness (QED) is 0.356. The molecule has 0 radical (unpaired) electrons. The number of rotatable bonds is 9. The van der Waals surface area contributed by atoms with Crippen molar-refractivity contribution in [2.45, 2.75) is 32.9 Å². The van der Waals surface area contributed by atoms with Crippen LogP contribution in [0.3, 0.4) is 0 Å². The molecule has 0 aliphatic carbocycles. The van der Waals surface area contributed by atoms with E-state index in [1.54, 1.807) is 7.11 Å². The number of benzene rings is 3. The van der Waals surface area contributed by atoms with Crippen LogP contribution >= 0.6 is 0 Å². The van der Waals surface area contributed by atoms with Gasteiger partial charge in [0.2, 0.25) is 0 Å². The topological polar surface area (TPSA) is 65.4 Å². The van der Waals surface area contributed by atoms with Gasteiger partial charge in [0, 0.05) is 12.1 Å². The lowest BCUT2D eigenvalue weighted by Crippen LogP contribution is -2.29. The number of fused-ring (bicyclic) bond motifs is 1. The first-order valence-corrected chi connectivity index (χ1v) is 11.2. The van der Waals surface area contributed by atoms with Crippen molar-refractivity contribution in [2.24, 2.45) is 0 Å². The molecular weight excluding hydrogens is 414 g/mol. The van der Waals surface area contributed by atoms with E-state index in [1.165, 1.54) is 0 Å². The number of amides is 1. The predicted molar refractivity (Wildman–Crippen MR) is 130 cm³/mol. The highest BCUT2D eigenvalue weighted by atomic mass is 16.5. The zero-order chi connectivity index (χ0) is 23.2. The summed E-state index contributed by atoms with van der Waals surface area (Å²) >= 11 is 0. The predicted octanol–water partition coefficient (Wildman–Crippen LogP) is 5.31. The molecule has 1 amide bonds. The number of imidazole rings is 1. The Balaban J connectivity index is 1.46. The van der Waals surface area contributed by atoms with Crippen LogP contribution in [0.25, 0.3) is 11.0 Å². The number of ether oxygens (including phenoxy) is 2. The molecule has 0 saturated heterocycles. The third-order valence-electron chi connectivity index (χ3n) is 5.66. The minimum absolute atomic E-state index is 0.0953. The van der Waals surface area contributed by atoms with E-state index in [4.69, 9.17) is 14.5 Å². The lowest BCUT2D eigenvalue weighted by atomic mass is 10.1. The van der Waals surface area contributed by atoms with Crippen molar-refractivity contribution < 1.29 is 14.3 Å². The molecule has 1 heterocycles. The number of aryl methyl sites for hydroxylation is 2. The maximum absolute atomic E-state index is 12.9. The molecule has 0 bridgehead atoms. The number of para-hydroxylation sites is 2. The number of hydrogen-bond donors (Lipinski definition) is 1. The summed E-state index contributed by atoms with van der Waals surface area (Å²) in [7, 11) is 1.65. The van der Waals surface area contributed by atoms with Gasteiger partial charge in [-0.1, -0.05) is 30.3 Å². The number of nitrogens with zero attached hydrogens (tertiary/aromatic N) is 2. The van der Waals surface area contributed by atoms with Gasteiger partial charge in [-0.15, -0.1) is 0 Å². The summed E-state index contributed by atoms with van der Waals surface area (Å²) in [6.45, 7) is 5.22. The Hall–Kier alpha value is -3.80. The third kappa shape index (κ3) is 5.17. The molecule has 4 aromatic rings. The van der Waals surface area contributed by atoms with Crippen molar-refractivity contribution >= 4 is 16.9 Å². The Morgan fingerprint density at radius 2 is 1.70 bits per heavy atom.